The van der Waals surface area contributed by atoms with Crippen LogP contribution in [0.4, 0.5) is 0 Å². The van der Waals surface area contributed by atoms with Gasteiger partial charge in [0.15, 0.2) is 11.6 Å². The van der Waals surface area contributed by atoms with Gasteiger partial charge in [0.1, 0.15) is 11.7 Å². The van der Waals surface area contributed by atoms with Gasteiger partial charge in [0.25, 0.3) is 0 Å². The maximum absolute atomic E-state index is 12.6. The largest absolute Gasteiger partial charge is 0.359 e. The molecular weight excluding hydrogens is 292 g/mol. The minimum Gasteiger partial charge on any atom is -0.359 e. The summed E-state index contributed by atoms with van der Waals surface area (Å²) in [5.41, 5.74) is 1.32. The van der Waals surface area contributed by atoms with Crippen molar-refractivity contribution in [3.63, 3.8) is 0 Å². The molecule has 4 nitrogen and oxygen atoms in total. The molecule has 5 rings (SSSR count). The number of ketones is 2. The highest BCUT2D eigenvalue weighted by atomic mass is 16.5. The first-order valence-electron chi connectivity index (χ1n) is 8.35. The Morgan fingerprint density at radius 2 is 1.91 bits per heavy atom. The fraction of sp³-hybridized carbons (Fsp3) is 0.579. The van der Waals surface area contributed by atoms with Gasteiger partial charge in [-0.1, -0.05) is 31.6 Å². The van der Waals surface area contributed by atoms with Crippen LogP contribution < -0.4 is 0 Å². The molecule has 2 unspecified atom stereocenters. The van der Waals surface area contributed by atoms with Crippen molar-refractivity contribution in [1.29, 1.82) is 0 Å². The number of rotatable bonds is 0. The van der Waals surface area contributed by atoms with E-state index in [2.05, 4.69) is 13.8 Å². The summed E-state index contributed by atoms with van der Waals surface area (Å²) in [6, 6.07) is 0. The van der Waals surface area contributed by atoms with Crippen LogP contribution in [0.2, 0.25) is 0 Å². The van der Waals surface area contributed by atoms with E-state index in [4.69, 9.17) is 9.47 Å². The predicted molar refractivity (Wildman–Crippen MR) is 82.6 cm³/mol. The van der Waals surface area contributed by atoms with Crippen molar-refractivity contribution >= 4 is 11.6 Å². The summed E-state index contributed by atoms with van der Waals surface area (Å²) >= 11 is 0. The fourth-order valence-corrected chi connectivity index (χ4v) is 5.48. The molecule has 0 N–H and O–H groups in total. The van der Waals surface area contributed by atoms with Crippen LogP contribution in [0, 0.1) is 17.3 Å². The van der Waals surface area contributed by atoms with Crippen molar-refractivity contribution < 1.29 is 19.1 Å². The van der Waals surface area contributed by atoms with Crippen molar-refractivity contribution in [2.24, 2.45) is 17.3 Å². The first-order valence-corrected chi connectivity index (χ1v) is 8.35. The van der Waals surface area contributed by atoms with E-state index < -0.39 is 11.7 Å². The summed E-state index contributed by atoms with van der Waals surface area (Å²) < 4.78 is 12.2. The van der Waals surface area contributed by atoms with Gasteiger partial charge in [0.05, 0.1) is 12.2 Å². The molecule has 0 radical (unpaired) electrons. The minimum absolute atomic E-state index is 0.0299. The second-order valence-corrected chi connectivity index (χ2v) is 8.12. The van der Waals surface area contributed by atoms with Crippen LogP contribution in [-0.4, -0.2) is 35.5 Å². The number of carbonyl (C=O) groups excluding carboxylic acids is 2. The van der Waals surface area contributed by atoms with Gasteiger partial charge in [-0.05, 0) is 31.1 Å². The van der Waals surface area contributed by atoms with E-state index in [1.165, 1.54) is 5.57 Å². The van der Waals surface area contributed by atoms with E-state index >= 15 is 0 Å². The van der Waals surface area contributed by atoms with Crippen molar-refractivity contribution in [3.8, 4) is 0 Å². The molecule has 5 aliphatic rings. The lowest BCUT2D eigenvalue weighted by Gasteiger charge is -2.47. The number of carbonyl (C=O) groups is 2. The molecular formula is C19H20O4. The highest BCUT2D eigenvalue weighted by Gasteiger charge is 2.65. The van der Waals surface area contributed by atoms with E-state index in [0.29, 0.717) is 0 Å². The topological polar surface area (TPSA) is 52.6 Å². The lowest BCUT2D eigenvalue weighted by molar-refractivity contribution is -0.140. The molecule has 4 bridgehead atoms. The highest BCUT2D eigenvalue weighted by Crippen LogP contribution is 2.62. The molecule has 120 valence electrons. The molecule has 1 aliphatic carbocycles. The maximum atomic E-state index is 12.6. The van der Waals surface area contributed by atoms with Crippen LogP contribution in [-0.2, 0) is 19.1 Å². The Bertz CT molecular complexity index is 740. The summed E-state index contributed by atoms with van der Waals surface area (Å²) in [5.74, 6) is 0.363. The molecule has 4 heteroatoms. The normalized spacial score (nSPS) is 48.7. The molecule has 6 atom stereocenters. The molecule has 23 heavy (non-hydrogen) atoms. The Hall–Kier alpha value is -1.52. The molecule has 0 aromatic heterocycles. The highest BCUT2D eigenvalue weighted by molar-refractivity contribution is 6.00. The lowest BCUT2D eigenvalue weighted by atomic mass is 9.65. The van der Waals surface area contributed by atoms with E-state index in [0.717, 1.165) is 12.0 Å². The monoisotopic (exact) mass is 312 g/mol. The summed E-state index contributed by atoms with van der Waals surface area (Å²) in [5, 5.41) is 0. The molecule has 0 aromatic carbocycles. The Morgan fingerprint density at radius 1 is 1.13 bits per heavy atom. The zero-order valence-electron chi connectivity index (χ0n) is 13.5. The van der Waals surface area contributed by atoms with Crippen LogP contribution in [0.15, 0.2) is 35.5 Å². The second-order valence-electron chi connectivity index (χ2n) is 8.12. The van der Waals surface area contributed by atoms with Gasteiger partial charge in [-0.15, -0.1) is 0 Å². The van der Waals surface area contributed by atoms with Gasteiger partial charge >= 0.3 is 0 Å². The standard InChI is InChI=1S/C19H20O4/c1-18(2)14-7-4-11(20)17(22-14)10-8-9-12-5-6-13(21)19(3,23-12)16(9)15(10)18/h4-7,9,12,14,16-17H,8H2,1-3H3/t9?,12-,14-,16?,17-,19+/m0/s1. The van der Waals surface area contributed by atoms with Gasteiger partial charge in [0, 0.05) is 17.3 Å². The minimum atomic E-state index is -0.795. The van der Waals surface area contributed by atoms with Gasteiger partial charge in [-0.2, -0.15) is 0 Å². The third-order valence-electron chi connectivity index (χ3n) is 6.56. The number of hydrogen-bond acceptors (Lipinski definition) is 4. The third-order valence-corrected chi connectivity index (χ3v) is 6.56. The van der Waals surface area contributed by atoms with E-state index in [1.54, 1.807) is 12.2 Å². The van der Waals surface area contributed by atoms with Crippen LogP contribution in [0.25, 0.3) is 0 Å². The molecule has 0 amide bonds. The summed E-state index contributed by atoms with van der Waals surface area (Å²) in [6.45, 7) is 6.25. The SMILES string of the molecule is CC1(C)C2=C(CC3C2[C@]2(C)O[C@H]3C=CC2=O)[C@@H]2O[C@H]1C=CC2=O. The van der Waals surface area contributed by atoms with Crippen molar-refractivity contribution in [3.05, 3.63) is 35.5 Å². The third kappa shape index (κ3) is 1.45. The Labute approximate surface area is 135 Å². The Morgan fingerprint density at radius 3 is 2.70 bits per heavy atom. The average molecular weight is 312 g/mol. The predicted octanol–water partition coefficient (Wildman–Crippen LogP) is 2.15. The number of fused-ring (bicyclic) bond motifs is 9. The Kier molecular flexibility index (Phi) is 2.37. The molecule has 1 saturated heterocycles. The van der Waals surface area contributed by atoms with Gasteiger partial charge in [0.2, 0.25) is 0 Å². The van der Waals surface area contributed by atoms with Gasteiger partial charge < -0.3 is 9.47 Å². The molecule has 0 saturated carbocycles. The lowest BCUT2D eigenvalue weighted by Crippen LogP contribution is -2.51. The summed E-state index contributed by atoms with van der Waals surface area (Å²) in [7, 11) is 0. The molecule has 1 fully saturated rings. The van der Waals surface area contributed by atoms with Crippen molar-refractivity contribution in [1.82, 2.24) is 0 Å². The van der Waals surface area contributed by atoms with Gasteiger partial charge in [-0.25, -0.2) is 0 Å². The quantitative estimate of drug-likeness (QED) is 0.643. The van der Waals surface area contributed by atoms with Crippen LogP contribution in [0.3, 0.4) is 0 Å². The first-order chi connectivity index (χ1) is 10.8. The van der Waals surface area contributed by atoms with Crippen LogP contribution in [0.1, 0.15) is 27.2 Å². The zero-order valence-corrected chi connectivity index (χ0v) is 13.5. The average Bonchev–Trinajstić information content (AvgIpc) is 3.00. The number of hydrogen-bond donors (Lipinski definition) is 0. The summed E-state index contributed by atoms with van der Waals surface area (Å²) in [6.07, 6.45) is 7.31. The number of ether oxygens (including phenoxy) is 2. The van der Waals surface area contributed by atoms with E-state index in [9.17, 15) is 9.59 Å². The van der Waals surface area contributed by atoms with Gasteiger partial charge in [-0.3, -0.25) is 9.59 Å². The van der Waals surface area contributed by atoms with Crippen LogP contribution >= 0.6 is 0 Å². The maximum Gasteiger partial charge on any atom is 0.188 e. The first kappa shape index (κ1) is 13.9. The smallest absolute Gasteiger partial charge is 0.188 e. The molecule has 0 spiro atoms. The van der Waals surface area contributed by atoms with E-state index in [1.807, 2.05) is 19.1 Å². The Balaban J connectivity index is 1.71. The second kappa shape index (κ2) is 3.93. The molecule has 0 aromatic rings. The van der Waals surface area contributed by atoms with E-state index in [-0.39, 0.29) is 41.0 Å². The molecule has 4 aliphatic heterocycles. The van der Waals surface area contributed by atoms with Crippen molar-refractivity contribution in [2.75, 3.05) is 0 Å². The summed E-state index contributed by atoms with van der Waals surface area (Å²) in [4.78, 5) is 24.9. The van der Waals surface area contributed by atoms with Crippen molar-refractivity contribution in [2.45, 2.75) is 51.1 Å². The zero-order chi connectivity index (χ0) is 16.1. The fourth-order valence-electron chi connectivity index (χ4n) is 5.48. The van der Waals surface area contributed by atoms with Crippen LogP contribution in [0.5, 0.6) is 0 Å². The molecule has 4 heterocycles.